The molecule has 1 aliphatic heterocycles. The van der Waals surface area contributed by atoms with Gasteiger partial charge in [0.05, 0.1) is 0 Å². The van der Waals surface area contributed by atoms with Gasteiger partial charge in [-0.3, -0.25) is 0 Å². The van der Waals surface area contributed by atoms with E-state index < -0.39 is 0 Å². The zero-order valence-corrected chi connectivity index (χ0v) is 8.61. The van der Waals surface area contributed by atoms with Gasteiger partial charge in [0.1, 0.15) is 0 Å². The van der Waals surface area contributed by atoms with E-state index in [1.807, 2.05) is 0 Å². The van der Waals surface area contributed by atoms with Gasteiger partial charge < -0.3 is 0 Å². The monoisotopic (exact) mass is 171 g/mol. The fourth-order valence-electron chi connectivity index (χ4n) is 1.55. The van der Waals surface area contributed by atoms with Crippen molar-refractivity contribution < 1.29 is 0 Å². The van der Waals surface area contributed by atoms with Gasteiger partial charge >= 0.3 is 0 Å². The van der Waals surface area contributed by atoms with Gasteiger partial charge in [-0.25, -0.2) is 4.40 Å². The van der Waals surface area contributed by atoms with Gasteiger partial charge in [0.2, 0.25) is 0 Å². The van der Waals surface area contributed by atoms with E-state index in [4.69, 9.17) is 0 Å². The fraction of sp³-hybridized carbons (Fsp3) is 0.889. The Morgan fingerprint density at radius 2 is 2.18 bits per heavy atom. The zero-order chi connectivity index (χ0) is 8.43. The summed E-state index contributed by atoms with van der Waals surface area (Å²) in [7, 11) is 0. The lowest BCUT2D eigenvalue weighted by atomic mass is 9.92. The first kappa shape index (κ1) is 9.11. The van der Waals surface area contributed by atoms with Gasteiger partial charge in [-0.1, -0.05) is 27.7 Å². The molecule has 1 nitrogen and oxygen atoms in total. The van der Waals surface area contributed by atoms with Gasteiger partial charge in [-0.05, 0) is 24.3 Å². The molecule has 0 amide bonds. The maximum atomic E-state index is 4.50. The summed E-state index contributed by atoms with van der Waals surface area (Å²) in [6.45, 7) is 9.00. The minimum atomic E-state index is 0.633. The Bertz CT molecular complexity index is 163. The van der Waals surface area contributed by atoms with Crippen molar-refractivity contribution in [1.82, 2.24) is 0 Å². The van der Waals surface area contributed by atoms with Gasteiger partial charge in [0.15, 0.2) is 0 Å². The van der Waals surface area contributed by atoms with Crippen molar-refractivity contribution in [2.45, 2.75) is 39.4 Å². The smallest absolute Gasteiger partial charge is 0.0342 e. The molecule has 1 aliphatic rings. The Hall–Kier alpha value is 0.0200. The van der Waals surface area contributed by atoms with Crippen LogP contribution in [0, 0.1) is 11.8 Å². The third-order valence-corrected chi connectivity index (χ3v) is 3.64. The third kappa shape index (κ3) is 1.78. The molecule has 0 aromatic rings. The van der Waals surface area contributed by atoms with Crippen LogP contribution in [0.3, 0.4) is 0 Å². The van der Waals surface area contributed by atoms with Gasteiger partial charge in [0, 0.05) is 16.9 Å². The summed E-state index contributed by atoms with van der Waals surface area (Å²) in [5.41, 5.74) is 1.40. The van der Waals surface area contributed by atoms with Crippen molar-refractivity contribution in [3.63, 3.8) is 0 Å². The quantitative estimate of drug-likeness (QED) is 0.581. The highest BCUT2D eigenvalue weighted by molar-refractivity contribution is 7.99. The van der Waals surface area contributed by atoms with Gasteiger partial charge in [-0.2, -0.15) is 0 Å². The van der Waals surface area contributed by atoms with Crippen LogP contribution in [-0.2, 0) is 0 Å². The van der Waals surface area contributed by atoms with Crippen molar-refractivity contribution in [1.29, 1.82) is 0 Å². The average Bonchev–Trinajstić information content (AvgIpc) is 2.30. The van der Waals surface area contributed by atoms with Crippen LogP contribution in [0.15, 0.2) is 4.40 Å². The van der Waals surface area contributed by atoms with E-state index in [0.717, 1.165) is 5.25 Å². The Balaban J connectivity index is 2.59. The first-order valence-corrected chi connectivity index (χ1v) is 5.24. The molecule has 0 spiro atoms. The lowest BCUT2D eigenvalue weighted by Crippen LogP contribution is -2.20. The summed E-state index contributed by atoms with van der Waals surface area (Å²) in [4.78, 5) is 0. The Labute approximate surface area is 73.8 Å². The van der Waals surface area contributed by atoms with Crippen molar-refractivity contribution >= 4 is 17.7 Å². The second-order valence-corrected chi connectivity index (χ2v) is 4.51. The van der Waals surface area contributed by atoms with Crippen LogP contribution in [-0.4, -0.2) is 11.0 Å². The molecule has 0 radical (unpaired) electrons. The maximum absolute atomic E-state index is 4.50. The summed E-state index contributed by atoms with van der Waals surface area (Å²) in [5, 5.41) is 0.743. The minimum absolute atomic E-state index is 0.633. The molecule has 11 heavy (non-hydrogen) atoms. The van der Waals surface area contributed by atoms with Crippen molar-refractivity contribution in [3.05, 3.63) is 0 Å². The largest absolute Gasteiger partial charge is 0.225 e. The molecule has 0 aromatic heterocycles. The van der Waals surface area contributed by atoms with Crippen LogP contribution in [0.25, 0.3) is 0 Å². The first-order valence-electron chi connectivity index (χ1n) is 4.40. The molecule has 64 valence electrons. The molecule has 0 saturated carbocycles. The van der Waals surface area contributed by atoms with Crippen molar-refractivity contribution in [2.24, 2.45) is 16.2 Å². The van der Waals surface area contributed by atoms with E-state index in [9.17, 15) is 0 Å². The molecule has 0 N–H and O–H groups in total. The molecular weight excluding hydrogens is 154 g/mol. The topological polar surface area (TPSA) is 12.4 Å². The highest BCUT2D eigenvalue weighted by Crippen LogP contribution is 2.34. The number of nitrogens with zero attached hydrogens (tertiary/aromatic N) is 1. The van der Waals surface area contributed by atoms with E-state index in [2.05, 4.69) is 32.1 Å². The molecule has 2 heteroatoms. The van der Waals surface area contributed by atoms with Crippen LogP contribution in [0.1, 0.15) is 34.1 Å². The molecule has 1 rings (SSSR count). The predicted octanol–water partition coefficient (Wildman–Crippen LogP) is 3.16. The van der Waals surface area contributed by atoms with E-state index in [0.29, 0.717) is 11.8 Å². The Morgan fingerprint density at radius 1 is 1.55 bits per heavy atom. The molecule has 2 unspecified atom stereocenters. The highest BCUT2D eigenvalue weighted by Gasteiger charge is 2.28. The second kappa shape index (κ2) is 3.61. The summed E-state index contributed by atoms with van der Waals surface area (Å²) in [6, 6.07) is 0. The summed E-state index contributed by atoms with van der Waals surface area (Å²) >= 11 is 1.77. The summed E-state index contributed by atoms with van der Waals surface area (Å²) < 4.78 is 4.50. The number of hydrogen-bond acceptors (Lipinski definition) is 2. The molecular formula is C9H17NS. The molecule has 0 aliphatic carbocycles. The molecule has 0 aromatic carbocycles. The zero-order valence-electron chi connectivity index (χ0n) is 7.79. The normalized spacial score (nSPS) is 31.2. The van der Waals surface area contributed by atoms with Gasteiger partial charge in [-0.15, -0.1) is 0 Å². The number of hydrogen-bond donors (Lipinski definition) is 0. The predicted molar refractivity (Wildman–Crippen MR) is 53.1 cm³/mol. The lowest BCUT2D eigenvalue weighted by Gasteiger charge is -2.14. The third-order valence-electron chi connectivity index (χ3n) is 2.31. The van der Waals surface area contributed by atoms with E-state index >= 15 is 0 Å². The number of rotatable bonds is 2. The van der Waals surface area contributed by atoms with Crippen molar-refractivity contribution in [3.8, 4) is 0 Å². The van der Waals surface area contributed by atoms with E-state index in [1.165, 1.54) is 12.1 Å². The minimum Gasteiger partial charge on any atom is -0.225 e. The molecule has 0 bridgehead atoms. The standard InChI is InChI=1S/C9H17NS/c1-5-8-7(4)9(6(2)3)10-11-8/h6-8H,5H2,1-4H3. The SMILES string of the molecule is CCC1SN=C(C(C)C)C1C. The summed E-state index contributed by atoms with van der Waals surface area (Å²) in [5.74, 6) is 1.33. The average molecular weight is 171 g/mol. The van der Waals surface area contributed by atoms with Crippen LogP contribution < -0.4 is 0 Å². The molecule has 0 fully saturated rings. The van der Waals surface area contributed by atoms with Crippen LogP contribution in [0.5, 0.6) is 0 Å². The van der Waals surface area contributed by atoms with Crippen LogP contribution in [0.2, 0.25) is 0 Å². The maximum Gasteiger partial charge on any atom is 0.0342 e. The van der Waals surface area contributed by atoms with Crippen LogP contribution in [0.4, 0.5) is 0 Å². The lowest BCUT2D eigenvalue weighted by molar-refractivity contribution is 0.664. The molecule has 2 atom stereocenters. The van der Waals surface area contributed by atoms with E-state index in [-0.39, 0.29) is 0 Å². The Morgan fingerprint density at radius 3 is 2.45 bits per heavy atom. The molecule has 1 heterocycles. The Kier molecular flexibility index (Phi) is 2.99. The van der Waals surface area contributed by atoms with Crippen molar-refractivity contribution in [2.75, 3.05) is 0 Å². The first-order chi connectivity index (χ1) is 5.16. The second-order valence-electron chi connectivity index (χ2n) is 3.51. The van der Waals surface area contributed by atoms with Crippen LogP contribution >= 0.6 is 11.9 Å². The highest BCUT2D eigenvalue weighted by atomic mass is 32.2. The van der Waals surface area contributed by atoms with E-state index in [1.54, 1.807) is 11.9 Å². The summed E-state index contributed by atoms with van der Waals surface area (Å²) in [6.07, 6.45) is 1.24. The molecule has 0 saturated heterocycles. The van der Waals surface area contributed by atoms with Gasteiger partial charge in [0.25, 0.3) is 0 Å². The fourth-order valence-corrected chi connectivity index (χ4v) is 2.66.